The van der Waals surface area contributed by atoms with Gasteiger partial charge < -0.3 is 0 Å². The summed E-state index contributed by atoms with van der Waals surface area (Å²) in [7, 11) is 0. The normalized spacial score (nSPS) is 20.4. The van der Waals surface area contributed by atoms with Crippen molar-refractivity contribution < 1.29 is 18.3 Å². The van der Waals surface area contributed by atoms with Gasteiger partial charge in [-0.25, -0.2) is 0 Å². The topological polar surface area (TPSA) is 0 Å². The molecule has 0 N–H and O–H groups in total. The van der Waals surface area contributed by atoms with Crippen LogP contribution in [0.4, 0.5) is 0 Å². The standard InChI is InChI=1S/C25H25.C12H19.C6H5.CH3.CH2.2ClH.Zr/c1-14-12-24(3,4)22-8-16-7-17-9-23-19(15(2)13-25(23,5)6)11-21(17)20(16)10-18(14)22;1-6-10-7-9(2)8-11(10)12(3,4)5;1-2-4-6-5-3-1;;;;;/h8-12H,7H2,1-6H3;8-9H,6H2,1-5H3;1-5H;1H3;1H2;2*1H;. The van der Waals surface area contributed by atoms with Gasteiger partial charge in [-0.15, -0.1) is 24.8 Å². The molecule has 0 radical (unpaired) electrons. The molecular formula is C45H56Cl2Zr. The maximum atomic E-state index is 5.66. The summed E-state index contributed by atoms with van der Waals surface area (Å²) in [6, 6.07) is 21.8. The second-order valence-electron chi connectivity index (χ2n) is 17.7. The minimum atomic E-state index is -4.44. The van der Waals surface area contributed by atoms with Crippen LogP contribution in [-0.2, 0) is 35.5 Å². The predicted octanol–water partition coefficient (Wildman–Crippen LogP) is 12.6. The number of fused-ring (bicyclic) bond motifs is 5. The van der Waals surface area contributed by atoms with E-state index in [0.29, 0.717) is 5.92 Å². The number of rotatable bonds is 4. The third-order valence-electron chi connectivity index (χ3n) is 12.6. The Morgan fingerprint density at radius 3 is 1.96 bits per heavy atom. The van der Waals surface area contributed by atoms with Crippen molar-refractivity contribution in [3.8, 4) is 11.1 Å². The Balaban J connectivity index is 0.00000225. The summed E-state index contributed by atoms with van der Waals surface area (Å²) in [5, 5.41) is 0. The minimum absolute atomic E-state index is 0. The zero-order valence-electron chi connectivity index (χ0n) is 31.4. The first-order valence-electron chi connectivity index (χ1n) is 17.7. The van der Waals surface area contributed by atoms with E-state index in [0.717, 1.165) is 12.8 Å². The van der Waals surface area contributed by atoms with E-state index in [2.05, 4.69) is 148 Å². The molecule has 48 heavy (non-hydrogen) atoms. The molecule has 3 aromatic rings. The fourth-order valence-electron chi connectivity index (χ4n) is 11.0. The molecule has 0 aliphatic heterocycles. The predicted molar refractivity (Wildman–Crippen MR) is 215 cm³/mol. The molecule has 3 aromatic carbocycles. The van der Waals surface area contributed by atoms with E-state index >= 15 is 0 Å². The van der Waals surface area contributed by atoms with E-state index in [1.165, 1.54) is 58.9 Å². The van der Waals surface area contributed by atoms with Gasteiger partial charge in [0.25, 0.3) is 0 Å². The van der Waals surface area contributed by atoms with Gasteiger partial charge in [0, 0.05) is 0 Å². The van der Waals surface area contributed by atoms with Crippen molar-refractivity contribution >= 4 is 43.4 Å². The second kappa shape index (κ2) is 11.5. The van der Waals surface area contributed by atoms with Crippen molar-refractivity contribution in [2.75, 3.05) is 0 Å². The van der Waals surface area contributed by atoms with Gasteiger partial charge in [-0.2, -0.15) is 0 Å². The average Bonchev–Trinajstić information content (AvgIpc) is 3.64. The van der Waals surface area contributed by atoms with Crippen LogP contribution in [0.3, 0.4) is 0 Å². The molecule has 0 amide bonds. The third-order valence-corrected chi connectivity index (χ3v) is 28.5. The molecule has 1 atom stereocenters. The first-order chi connectivity index (χ1) is 21.3. The molecule has 4 aliphatic carbocycles. The van der Waals surface area contributed by atoms with Crippen LogP contribution in [0.25, 0.3) is 22.3 Å². The van der Waals surface area contributed by atoms with Gasteiger partial charge in [0.15, 0.2) is 0 Å². The first-order valence-corrected chi connectivity index (χ1v) is 25.5. The van der Waals surface area contributed by atoms with Gasteiger partial charge in [-0.1, -0.05) is 0 Å². The summed E-state index contributed by atoms with van der Waals surface area (Å²) in [5.41, 5.74) is 17.9. The fourth-order valence-corrected chi connectivity index (χ4v) is 29.2. The Morgan fingerprint density at radius 2 is 1.40 bits per heavy atom. The van der Waals surface area contributed by atoms with Crippen molar-refractivity contribution in [3.63, 3.8) is 0 Å². The summed E-state index contributed by atoms with van der Waals surface area (Å²) in [6.45, 7) is 26.5. The van der Waals surface area contributed by atoms with Gasteiger partial charge in [0.05, 0.1) is 0 Å². The molecule has 0 saturated heterocycles. The number of halogens is 2. The quantitative estimate of drug-likeness (QED) is 0.194. The summed E-state index contributed by atoms with van der Waals surface area (Å²) in [4.78, 5) is 0. The average molecular weight is 759 g/mol. The maximum absolute atomic E-state index is 5.66. The van der Waals surface area contributed by atoms with Crippen molar-refractivity contribution in [1.29, 1.82) is 0 Å². The van der Waals surface area contributed by atoms with Crippen LogP contribution < -0.4 is 3.27 Å². The second-order valence-corrected chi connectivity index (χ2v) is 31.5. The number of hydrogen-bond acceptors (Lipinski definition) is 0. The molecule has 0 nitrogen and oxygen atoms in total. The Hall–Kier alpha value is -2.05. The fraction of sp³-hybridized carbons (Fsp3) is 0.400. The van der Waals surface area contributed by atoms with E-state index in [1.54, 1.807) is 17.7 Å². The van der Waals surface area contributed by atoms with E-state index in [9.17, 15) is 0 Å². The molecule has 4 aliphatic rings. The van der Waals surface area contributed by atoms with E-state index < -0.39 is 18.3 Å². The van der Waals surface area contributed by atoms with Crippen LogP contribution in [-0.4, -0.2) is 4.21 Å². The Labute approximate surface area is 304 Å². The van der Waals surface area contributed by atoms with Crippen molar-refractivity contribution in [2.45, 2.75) is 104 Å². The van der Waals surface area contributed by atoms with Gasteiger partial charge in [0.2, 0.25) is 0 Å². The molecule has 254 valence electrons. The SMILES string of the molecule is Cl.Cl.[CH2]=[Zr]([CH3])([C]1=C(CC)C(C(C)(C)C)=CC1C)([C]1=C(C)c2cc3c(cc2C1(C)C)Cc1cc2c(cc1-3)C(C)=CC2(C)C)[c]1ccccc1. The zero-order chi connectivity index (χ0) is 33.4. The zero-order valence-corrected chi connectivity index (χ0v) is 35.5. The van der Waals surface area contributed by atoms with E-state index in [1.807, 2.05) is 0 Å². The molecule has 1 unspecified atom stereocenters. The number of benzene rings is 3. The van der Waals surface area contributed by atoms with Gasteiger partial charge in [-0.05, 0) is 0 Å². The Morgan fingerprint density at radius 1 is 0.833 bits per heavy atom. The number of allylic oxidation sites excluding steroid dienone is 8. The van der Waals surface area contributed by atoms with Gasteiger partial charge in [0.1, 0.15) is 0 Å². The summed E-state index contributed by atoms with van der Waals surface area (Å²) in [5.74, 6) is 0.386. The van der Waals surface area contributed by atoms with Crippen LogP contribution in [0.1, 0.15) is 116 Å². The third kappa shape index (κ3) is 4.88. The molecule has 0 bridgehead atoms. The van der Waals surface area contributed by atoms with Gasteiger partial charge >= 0.3 is 282 Å². The van der Waals surface area contributed by atoms with E-state index in [4.69, 9.17) is 4.21 Å². The molecule has 7 rings (SSSR count). The van der Waals surface area contributed by atoms with Crippen LogP contribution in [0.5, 0.6) is 0 Å². The van der Waals surface area contributed by atoms with E-state index in [-0.39, 0.29) is 41.1 Å². The summed E-state index contributed by atoms with van der Waals surface area (Å²) < 4.78 is 13.2. The van der Waals surface area contributed by atoms with Crippen LogP contribution in [0, 0.1) is 11.3 Å². The molecule has 3 heteroatoms. The van der Waals surface area contributed by atoms with Crippen LogP contribution in [0.2, 0.25) is 4.63 Å². The van der Waals surface area contributed by atoms with Crippen LogP contribution >= 0.6 is 24.8 Å². The molecule has 0 heterocycles. The van der Waals surface area contributed by atoms with Crippen LogP contribution in [0.15, 0.2) is 84.5 Å². The van der Waals surface area contributed by atoms with Gasteiger partial charge in [-0.3, -0.25) is 0 Å². The summed E-state index contributed by atoms with van der Waals surface area (Å²) >= 11 is -4.44. The van der Waals surface area contributed by atoms with Crippen molar-refractivity contribution in [2.24, 2.45) is 11.3 Å². The molecular weight excluding hydrogens is 703 g/mol. The first kappa shape index (κ1) is 37.2. The molecule has 0 fully saturated rings. The molecule has 0 saturated carbocycles. The van der Waals surface area contributed by atoms with Crippen molar-refractivity contribution in [3.05, 3.63) is 118 Å². The molecule has 0 spiro atoms. The molecule has 0 aromatic heterocycles. The number of hydrogen-bond donors (Lipinski definition) is 0. The van der Waals surface area contributed by atoms with Crippen molar-refractivity contribution in [1.82, 2.24) is 0 Å². The monoisotopic (exact) mass is 756 g/mol. The Kier molecular flexibility index (Phi) is 8.91. The summed E-state index contributed by atoms with van der Waals surface area (Å²) in [6.07, 6.45) is 7.14. The Bertz CT molecular complexity index is 2070.